The molecule has 0 radical (unpaired) electrons. The highest BCUT2D eigenvalue weighted by Gasteiger charge is 2.55. The molecule has 0 saturated heterocycles. The minimum atomic E-state index is -0.111. The number of ketones is 1. The summed E-state index contributed by atoms with van der Waals surface area (Å²) in [5.41, 5.74) is 0.697. The maximum atomic E-state index is 13.2. The Morgan fingerprint density at radius 3 is 2.32 bits per heavy atom. The predicted molar refractivity (Wildman–Crippen MR) is 88.8 cm³/mol. The lowest BCUT2D eigenvalue weighted by Crippen LogP contribution is -2.49. The molecule has 4 aliphatic carbocycles. The zero-order valence-corrected chi connectivity index (χ0v) is 14.1. The van der Waals surface area contributed by atoms with E-state index in [4.69, 9.17) is 4.42 Å². The van der Waals surface area contributed by atoms with E-state index < -0.39 is 0 Å². The van der Waals surface area contributed by atoms with Crippen molar-refractivity contribution in [2.45, 2.75) is 38.5 Å². The lowest BCUT2D eigenvalue weighted by molar-refractivity contribution is -0.0364. The molecule has 1 aromatic carbocycles. The van der Waals surface area contributed by atoms with Crippen molar-refractivity contribution < 1.29 is 9.21 Å². The Balaban J connectivity index is 1.55. The topological polar surface area (TPSA) is 30.2 Å². The number of halogens is 1. The van der Waals surface area contributed by atoms with E-state index in [0.29, 0.717) is 5.76 Å². The molecule has 1 aromatic heterocycles. The molecule has 4 bridgehead atoms. The van der Waals surface area contributed by atoms with Crippen molar-refractivity contribution in [2.24, 2.45) is 23.2 Å². The van der Waals surface area contributed by atoms with Gasteiger partial charge in [-0.3, -0.25) is 4.79 Å². The van der Waals surface area contributed by atoms with E-state index in [1.54, 1.807) is 0 Å². The van der Waals surface area contributed by atoms with Crippen LogP contribution in [0, 0.1) is 23.2 Å². The standard InChI is InChI=1S/C19H19BrO2/c20-15-2-1-14-6-17(22-16(14)7-15)18(21)19-8-11-3-12(9-19)5-13(4-11)10-19/h1-2,6-7,11-13H,3-5,8-10H2. The number of carbonyl (C=O) groups is 1. The summed E-state index contributed by atoms with van der Waals surface area (Å²) < 4.78 is 6.91. The first-order chi connectivity index (χ1) is 10.6. The lowest BCUT2D eigenvalue weighted by atomic mass is 9.48. The summed E-state index contributed by atoms with van der Waals surface area (Å²) in [5, 5.41) is 1.02. The van der Waals surface area contributed by atoms with Gasteiger partial charge in [0.05, 0.1) is 0 Å². The van der Waals surface area contributed by atoms with Crippen LogP contribution < -0.4 is 0 Å². The molecule has 4 aliphatic rings. The van der Waals surface area contributed by atoms with Crippen molar-refractivity contribution in [3.05, 3.63) is 34.5 Å². The van der Waals surface area contributed by atoms with Gasteiger partial charge in [0.15, 0.2) is 5.76 Å². The van der Waals surface area contributed by atoms with Crippen LogP contribution in [0.5, 0.6) is 0 Å². The molecule has 0 amide bonds. The quantitative estimate of drug-likeness (QED) is 0.654. The van der Waals surface area contributed by atoms with Gasteiger partial charge in [-0.1, -0.05) is 15.9 Å². The Morgan fingerprint density at radius 1 is 1.05 bits per heavy atom. The fourth-order valence-electron chi connectivity index (χ4n) is 5.77. The van der Waals surface area contributed by atoms with Gasteiger partial charge >= 0.3 is 0 Å². The molecule has 114 valence electrons. The third-order valence-electron chi connectivity index (χ3n) is 6.23. The zero-order chi connectivity index (χ0) is 14.9. The molecular weight excluding hydrogens is 340 g/mol. The van der Waals surface area contributed by atoms with Crippen LogP contribution in [0.1, 0.15) is 49.1 Å². The Hall–Kier alpha value is -1.09. The largest absolute Gasteiger partial charge is 0.453 e. The van der Waals surface area contributed by atoms with Crippen LogP contribution >= 0.6 is 15.9 Å². The molecule has 4 saturated carbocycles. The van der Waals surface area contributed by atoms with Gasteiger partial charge in [0, 0.05) is 15.3 Å². The number of rotatable bonds is 2. The second-order valence-electron chi connectivity index (χ2n) is 7.82. The maximum Gasteiger partial charge on any atom is 0.204 e. The van der Waals surface area contributed by atoms with Crippen LogP contribution in [0.15, 0.2) is 33.2 Å². The van der Waals surface area contributed by atoms with E-state index in [0.717, 1.165) is 52.5 Å². The number of hydrogen-bond donors (Lipinski definition) is 0. The molecule has 2 aromatic rings. The first-order valence-electron chi connectivity index (χ1n) is 8.35. The summed E-state index contributed by atoms with van der Waals surface area (Å²) in [6.07, 6.45) is 7.37. The first kappa shape index (κ1) is 13.4. The van der Waals surface area contributed by atoms with Crippen LogP contribution in [0.3, 0.4) is 0 Å². The van der Waals surface area contributed by atoms with Crippen molar-refractivity contribution in [1.82, 2.24) is 0 Å². The van der Waals surface area contributed by atoms with Gasteiger partial charge in [0.1, 0.15) is 5.58 Å². The molecule has 6 rings (SSSR count). The Labute approximate surface area is 138 Å². The van der Waals surface area contributed by atoms with Crippen molar-refractivity contribution >= 4 is 32.7 Å². The maximum absolute atomic E-state index is 13.2. The summed E-state index contributed by atoms with van der Waals surface area (Å²) in [6.45, 7) is 0. The zero-order valence-electron chi connectivity index (χ0n) is 12.5. The molecule has 0 N–H and O–H groups in total. The minimum absolute atomic E-state index is 0.111. The molecule has 0 spiro atoms. The van der Waals surface area contributed by atoms with E-state index in [1.165, 1.54) is 19.3 Å². The van der Waals surface area contributed by atoms with E-state index in [-0.39, 0.29) is 11.2 Å². The molecule has 3 heteroatoms. The summed E-state index contributed by atoms with van der Waals surface area (Å²) in [7, 11) is 0. The van der Waals surface area contributed by atoms with Crippen molar-refractivity contribution in [1.29, 1.82) is 0 Å². The van der Waals surface area contributed by atoms with Gasteiger partial charge in [-0.15, -0.1) is 0 Å². The van der Waals surface area contributed by atoms with Gasteiger partial charge in [0.25, 0.3) is 0 Å². The van der Waals surface area contributed by atoms with Gasteiger partial charge in [-0.05, 0) is 80.5 Å². The number of carbonyl (C=O) groups excluding carboxylic acids is 1. The number of furan rings is 1. The Kier molecular flexibility index (Phi) is 2.71. The molecule has 2 nitrogen and oxygen atoms in total. The number of fused-ring (bicyclic) bond motifs is 1. The van der Waals surface area contributed by atoms with Gasteiger partial charge in [-0.25, -0.2) is 0 Å². The van der Waals surface area contributed by atoms with Crippen LogP contribution in [0.4, 0.5) is 0 Å². The van der Waals surface area contributed by atoms with Gasteiger partial charge in [0.2, 0.25) is 5.78 Å². The summed E-state index contributed by atoms with van der Waals surface area (Å²) in [6, 6.07) is 7.91. The summed E-state index contributed by atoms with van der Waals surface area (Å²) >= 11 is 3.47. The van der Waals surface area contributed by atoms with E-state index in [1.807, 2.05) is 24.3 Å². The van der Waals surface area contributed by atoms with E-state index >= 15 is 0 Å². The normalized spacial score (nSPS) is 36.1. The smallest absolute Gasteiger partial charge is 0.204 e. The van der Waals surface area contributed by atoms with Crippen LogP contribution in [-0.2, 0) is 0 Å². The first-order valence-corrected chi connectivity index (χ1v) is 9.14. The van der Waals surface area contributed by atoms with Crippen LogP contribution in [0.2, 0.25) is 0 Å². The molecule has 0 unspecified atom stereocenters. The molecule has 0 atom stereocenters. The van der Waals surface area contributed by atoms with Gasteiger partial charge < -0.3 is 4.42 Å². The number of hydrogen-bond acceptors (Lipinski definition) is 2. The number of Topliss-reactive ketones (excluding diaryl/α,β-unsaturated/α-hetero) is 1. The van der Waals surface area contributed by atoms with Crippen molar-refractivity contribution in [2.75, 3.05) is 0 Å². The highest BCUT2D eigenvalue weighted by Crippen LogP contribution is 2.61. The van der Waals surface area contributed by atoms with Crippen molar-refractivity contribution in [3.63, 3.8) is 0 Å². The second kappa shape index (κ2) is 4.47. The van der Waals surface area contributed by atoms with Crippen molar-refractivity contribution in [3.8, 4) is 0 Å². The average molecular weight is 359 g/mol. The van der Waals surface area contributed by atoms with E-state index in [2.05, 4.69) is 15.9 Å². The Bertz CT molecular complexity index is 738. The monoisotopic (exact) mass is 358 g/mol. The van der Waals surface area contributed by atoms with Crippen LogP contribution in [0.25, 0.3) is 11.0 Å². The molecule has 0 aliphatic heterocycles. The minimum Gasteiger partial charge on any atom is -0.453 e. The summed E-state index contributed by atoms with van der Waals surface area (Å²) in [4.78, 5) is 13.2. The molecule has 1 heterocycles. The molecule has 4 fully saturated rings. The average Bonchev–Trinajstić information content (AvgIpc) is 2.87. The second-order valence-corrected chi connectivity index (χ2v) is 8.74. The highest BCUT2D eigenvalue weighted by atomic mass is 79.9. The van der Waals surface area contributed by atoms with Gasteiger partial charge in [-0.2, -0.15) is 0 Å². The van der Waals surface area contributed by atoms with E-state index in [9.17, 15) is 4.79 Å². The summed E-state index contributed by atoms with van der Waals surface area (Å²) in [5.74, 6) is 3.21. The third kappa shape index (κ3) is 1.87. The fraction of sp³-hybridized carbons (Fsp3) is 0.526. The Morgan fingerprint density at radius 2 is 1.68 bits per heavy atom. The number of benzene rings is 1. The fourth-order valence-corrected chi connectivity index (χ4v) is 6.11. The highest BCUT2D eigenvalue weighted by molar-refractivity contribution is 9.10. The SMILES string of the molecule is O=C(c1cc2ccc(Br)cc2o1)C12CC3CC(CC(C3)C1)C2. The van der Waals surface area contributed by atoms with Crippen LogP contribution in [-0.4, -0.2) is 5.78 Å². The third-order valence-corrected chi connectivity index (χ3v) is 6.72. The molecule has 22 heavy (non-hydrogen) atoms. The lowest BCUT2D eigenvalue weighted by Gasteiger charge is -2.55. The molecular formula is C19H19BrO2. The predicted octanol–water partition coefficient (Wildman–Crippen LogP) is 5.59.